The average Bonchev–Trinajstić information content (AvgIpc) is 2.22. The van der Waals surface area contributed by atoms with E-state index in [1.807, 2.05) is 7.05 Å². The molecule has 0 spiro atoms. The van der Waals surface area contributed by atoms with Gasteiger partial charge in [0.2, 0.25) is 0 Å². The molecule has 0 aromatic carbocycles. The lowest BCUT2D eigenvalue weighted by Crippen LogP contribution is -2.33. The third-order valence-electron chi connectivity index (χ3n) is 1.42. The zero-order valence-corrected chi connectivity index (χ0v) is 7.15. The molecule has 1 fully saturated rings. The summed E-state index contributed by atoms with van der Waals surface area (Å²) in [4.78, 5) is 0. The maximum absolute atomic E-state index is 5.69. The van der Waals surface area contributed by atoms with Gasteiger partial charge in [-0.05, 0) is 19.9 Å². The van der Waals surface area contributed by atoms with E-state index in [2.05, 4.69) is 5.32 Å². The molecule has 58 valence electrons. The summed E-state index contributed by atoms with van der Waals surface area (Å²) in [6, 6.07) is 0. The third kappa shape index (κ3) is 3.98. The topological polar surface area (TPSA) is 38.0 Å². The van der Waals surface area contributed by atoms with Crippen molar-refractivity contribution in [2.75, 3.05) is 13.6 Å². The second-order valence-corrected chi connectivity index (χ2v) is 2.39. The van der Waals surface area contributed by atoms with E-state index in [0.29, 0.717) is 0 Å². The van der Waals surface area contributed by atoms with E-state index in [-0.39, 0.29) is 30.4 Å². The van der Waals surface area contributed by atoms with E-state index in [1.165, 1.54) is 12.8 Å². The van der Waals surface area contributed by atoms with Gasteiger partial charge in [-0.25, -0.2) is 0 Å². The fourth-order valence-corrected chi connectivity index (χ4v) is 0.689. The van der Waals surface area contributed by atoms with E-state index in [1.54, 1.807) is 0 Å². The van der Waals surface area contributed by atoms with Gasteiger partial charge in [-0.15, -0.1) is 24.8 Å². The third-order valence-corrected chi connectivity index (χ3v) is 1.42. The molecule has 1 aliphatic carbocycles. The zero-order valence-electron chi connectivity index (χ0n) is 5.52. The summed E-state index contributed by atoms with van der Waals surface area (Å²) in [6.07, 6.45) is 2.40. The molecule has 3 N–H and O–H groups in total. The van der Waals surface area contributed by atoms with Crippen LogP contribution in [0.2, 0.25) is 0 Å². The summed E-state index contributed by atoms with van der Waals surface area (Å²) in [7, 11) is 1.94. The Hall–Kier alpha value is 0.500. The van der Waals surface area contributed by atoms with Gasteiger partial charge in [-0.1, -0.05) is 0 Å². The summed E-state index contributed by atoms with van der Waals surface area (Å²) in [5.74, 6) is 0. The van der Waals surface area contributed by atoms with Gasteiger partial charge in [0.15, 0.2) is 0 Å². The fourth-order valence-electron chi connectivity index (χ4n) is 0.689. The molecule has 0 aliphatic heterocycles. The van der Waals surface area contributed by atoms with Crippen LogP contribution >= 0.6 is 24.8 Å². The molecule has 0 unspecified atom stereocenters. The largest absolute Gasteiger partial charge is 0.324 e. The first-order valence-corrected chi connectivity index (χ1v) is 2.70. The van der Waals surface area contributed by atoms with Crippen molar-refractivity contribution in [3.8, 4) is 0 Å². The molecule has 0 radical (unpaired) electrons. The molecule has 0 saturated heterocycles. The lowest BCUT2D eigenvalue weighted by molar-refractivity contribution is 0.615. The van der Waals surface area contributed by atoms with Crippen LogP contribution in [0.5, 0.6) is 0 Å². The summed E-state index contributed by atoms with van der Waals surface area (Å²) in [6.45, 7) is 0.979. The summed E-state index contributed by atoms with van der Waals surface area (Å²) < 4.78 is 0. The van der Waals surface area contributed by atoms with Crippen molar-refractivity contribution < 1.29 is 0 Å². The normalized spacial score (nSPS) is 19.3. The van der Waals surface area contributed by atoms with E-state index >= 15 is 0 Å². The molecular formula is C5H14Cl2N2. The first kappa shape index (κ1) is 12.2. The Labute approximate surface area is 68.4 Å². The van der Waals surface area contributed by atoms with Crippen molar-refractivity contribution in [3.63, 3.8) is 0 Å². The highest BCUT2D eigenvalue weighted by molar-refractivity contribution is 5.85. The number of nitrogens with two attached hydrogens (primary N) is 1. The number of hydrogen-bond donors (Lipinski definition) is 2. The Morgan fingerprint density at radius 3 is 2.00 bits per heavy atom. The number of hydrogen-bond acceptors (Lipinski definition) is 2. The van der Waals surface area contributed by atoms with Crippen molar-refractivity contribution in [2.24, 2.45) is 5.73 Å². The quantitative estimate of drug-likeness (QED) is 0.639. The lowest BCUT2D eigenvalue weighted by atomic mass is 10.3. The van der Waals surface area contributed by atoms with Gasteiger partial charge < -0.3 is 11.1 Å². The molecule has 1 rings (SSSR count). The highest BCUT2D eigenvalue weighted by atomic mass is 35.5. The number of likely N-dealkylation sites (N-methyl/N-ethyl adjacent to an activating group) is 1. The zero-order chi connectivity index (χ0) is 5.33. The number of rotatable bonds is 2. The molecule has 0 aromatic rings. The Kier molecular flexibility index (Phi) is 5.88. The predicted octanol–water partition coefficient (Wildman–Crippen LogP) is 0.541. The molecule has 0 amide bonds. The van der Waals surface area contributed by atoms with Gasteiger partial charge in [0, 0.05) is 12.1 Å². The molecule has 2 nitrogen and oxygen atoms in total. The van der Waals surface area contributed by atoms with Crippen LogP contribution in [-0.4, -0.2) is 19.1 Å². The Morgan fingerprint density at radius 2 is 1.89 bits per heavy atom. The van der Waals surface area contributed by atoms with E-state index in [4.69, 9.17) is 5.73 Å². The minimum Gasteiger partial charge on any atom is -0.324 e. The van der Waals surface area contributed by atoms with Crippen LogP contribution in [0.1, 0.15) is 12.8 Å². The highest BCUT2D eigenvalue weighted by Crippen LogP contribution is 2.30. The van der Waals surface area contributed by atoms with Crippen LogP contribution in [0, 0.1) is 0 Å². The Bertz CT molecular complexity index is 73.4. The lowest BCUT2D eigenvalue weighted by Gasteiger charge is -2.03. The monoisotopic (exact) mass is 172 g/mol. The van der Waals surface area contributed by atoms with Crippen LogP contribution in [-0.2, 0) is 0 Å². The summed E-state index contributed by atoms with van der Waals surface area (Å²) in [5.41, 5.74) is 5.88. The second-order valence-electron chi connectivity index (χ2n) is 2.39. The molecule has 0 heterocycles. The smallest absolute Gasteiger partial charge is 0.0282 e. The summed E-state index contributed by atoms with van der Waals surface area (Å²) >= 11 is 0. The average molecular weight is 173 g/mol. The first-order chi connectivity index (χ1) is 3.27. The van der Waals surface area contributed by atoms with Crippen LogP contribution < -0.4 is 11.1 Å². The second kappa shape index (κ2) is 4.34. The standard InChI is InChI=1S/C5H12N2.2ClH/c1-7-4-5(6)2-3-5;;/h7H,2-4,6H2,1H3;2*1H. The van der Waals surface area contributed by atoms with Gasteiger partial charge in [0.05, 0.1) is 0 Å². The van der Waals surface area contributed by atoms with Gasteiger partial charge >= 0.3 is 0 Å². The molecule has 0 aromatic heterocycles. The Balaban J connectivity index is 0. The molecule has 1 aliphatic rings. The number of halogens is 2. The molecule has 1 saturated carbocycles. The Morgan fingerprint density at radius 1 is 1.44 bits per heavy atom. The van der Waals surface area contributed by atoms with Crippen molar-refractivity contribution in [3.05, 3.63) is 0 Å². The van der Waals surface area contributed by atoms with E-state index < -0.39 is 0 Å². The minimum atomic E-state index is 0. The van der Waals surface area contributed by atoms with Crippen LogP contribution in [0.3, 0.4) is 0 Å². The number of nitrogens with one attached hydrogen (secondary N) is 1. The van der Waals surface area contributed by atoms with E-state index in [9.17, 15) is 0 Å². The van der Waals surface area contributed by atoms with Crippen LogP contribution in [0.4, 0.5) is 0 Å². The van der Waals surface area contributed by atoms with Crippen molar-refractivity contribution >= 4 is 24.8 Å². The van der Waals surface area contributed by atoms with Gasteiger partial charge in [0.1, 0.15) is 0 Å². The van der Waals surface area contributed by atoms with Crippen molar-refractivity contribution in [2.45, 2.75) is 18.4 Å². The maximum Gasteiger partial charge on any atom is 0.0282 e. The van der Waals surface area contributed by atoms with Gasteiger partial charge in [-0.3, -0.25) is 0 Å². The van der Waals surface area contributed by atoms with E-state index in [0.717, 1.165) is 6.54 Å². The van der Waals surface area contributed by atoms with Gasteiger partial charge in [0.25, 0.3) is 0 Å². The van der Waals surface area contributed by atoms with Crippen LogP contribution in [0.15, 0.2) is 0 Å². The molecule has 9 heavy (non-hydrogen) atoms. The first-order valence-electron chi connectivity index (χ1n) is 2.70. The summed E-state index contributed by atoms with van der Waals surface area (Å²) in [5, 5.41) is 3.05. The molecule has 4 heteroatoms. The highest BCUT2D eigenvalue weighted by Gasteiger charge is 2.36. The van der Waals surface area contributed by atoms with Crippen molar-refractivity contribution in [1.29, 1.82) is 0 Å². The molecule has 0 bridgehead atoms. The van der Waals surface area contributed by atoms with Crippen LogP contribution in [0.25, 0.3) is 0 Å². The molecular weight excluding hydrogens is 159 g/mol. The SMILES string of the molecule is CNCC1(N)CC1.Cl.Cl. The van der Waals surface area contributed by atoms with Gasteiger partial charge in [-0.2, -0.15) is 0 Å². The predicted molar refractivity (Wildman–Crippen MR) is 44.6 cm³/mol. The molecule has 0 atom stereocenters. The fraction of sp³-hybridized carbons (Fsp3) is 1.00. The van der Waals surface area contributed by atoms with Crippen molar-refractivity contribution in [1.82, 2.24) is 5.32 Å². The maximum atomic E-state index is 5.69. The minimum absolute atomic E-state index is 0.